The number of nitrogens with one attached hydrogen (secondary N) is 1. The molecule has 1 unspecified atom stereocenters. The summed E-state index contributed by atoms with van der Waals surface area (Å²) in [5.41, 5.74) is 3.05. The van der Waals surface area contributed by atoms with Crippen LogP contribution in [0.5, 0.6) is 0 Å². The Balaban J connectivity index is 1.94. The molecule has 5 heteroatoms. The molecule has 0 spiro atoms. The summed E-state index contributed by atoms with van der Waals surface area (Å²) in [4.78, 5) is 11.4. The van der Waals surface area contributed by atoms with Crippen LogP contribution in [0.25, 0.3) is 0 Å². The molecule has 2 aromatic rings. The van der Waals surface area contributed by atoms with Crippen molar-refractivity contribution in [2.45, 2.75) is 57.6 Å². The number of carbonyl (C=O) groups excluding carboxylic acids is 1. The number of aryl methyl sites for hydroxylation is 3. The highest BCUT2D eigenvalue weighted by atomic mass is 16.3. The predicted molar refractivity (Wildman–Crippen MR) is 115 cm³/mol. The molecule has 0 fully saturated rings. The van der Waals surface area contributed by atoms with Crippen molar-refractivity contribution in [2.24, 2.45) is 0 Å². The van der Waals surface area contributed by atoms with Crippen LogP contribution in [0.15, 0.2) is 48.5 Å². The Morgan fingerprint density at radius 1 is 1.00 bits per heavy atom. The summed E-state index contributed by atoms with van der Waals surface area (Å²) in [7, 11) is 0. The van der Waals surface area contributed by atoms with Gasteiger partial charge < -0.3 is 20.6 Å². The molecule has 4 N–H and O–H groups in total. The average molecular weight is 400 g/mol. The van der Waals surface area contributed by atoms with Gasteiger partial charge in [0.2, 0.25) is 5.91 Å². The van der Waals surface area contributed by atoms with Crippen molar-refractivity contribution in [3.05, 3.63) is 70.8 Å². The third-order valence-corrected chi connectivity index (χ3v) is 5.35. The summed E-state index contributed by atoms with van der Waals surface area (Å²) in [6.45, 7) is 2.38. The van der Waals surface area contributed by atoms with E-state index in [1.165, 1.54) is 18.1 Å². The molecular weight excluding hydrogens is 366 g/mol. The Morgan fingerprint density at radius 3 is 2.17 bits per heavy atom. The fraction of sp³-hybridized carbons (Fsp3) is 0.458. The first-order valence-electron chi connectivity index (χ1n) is 10.2. The van der Waals surface area contributed by atoms with Crippen molar-refractivity contribution in [3.63, 3.8) is 0 Å². The van der Waals surface area contributed by atoms with E-state index in [0.29, 0.717) is 0 Å². The zero-order chi connectivity index (χ0) is 21.3. The molecule has 0 bridgehead atoms. The maximum Gasteiger partial charge on any atom is 0.217 e. The number of carbonyl (C=O) groups is 1. The molecular formula is C24H33NO4. The van der Waals surface area contributed by atoms with Crippen molar-refractivity contribution >= 4 is 5.91 Å². The lowest BCUT2D eigenvalue weighted by atomic mass is 9.88. The van der Waals surface area contributed by atoms with Crippen molar-refractivity contribution < 1.29 is 20.1 Å². The van der Waals surface area contributed by atoms with Crippen LogP contribution >= 0.6 is 0 Å². The largest absolute Gasteiger partial charge is 0.394 e. The third-order valence-electron chi connectivity index (χ3n) is 5.35. The van der Waals surface area contributed by atoms with Crippen molar-refractivity contribution in [1.29, 1.82) is 0 Å². The number of aliphatic hydroxyl groups excluding tert-OH is 3. The normalized spacial score (nSPS) is 12.6. The number of aliphatic hydroxyl groups is 3. The van der Waals surface area contributed by atoms with E-state index in [4.69, 9.17) is 0 Å². The SMILES string of the molecule is CC(=O)NC(CO)(CO)CC(O)c1ccc(CCCCc2ccccc2)cc1C. The molecule has 2 rings (SSSR count). The van der Waals surface area contributed by atoms with Gasteiger partial charge in [-0.1, -0.05) is 48.5 Å². The van der Waals surface area contributed by atoms with Gasteiger partial charge in [0.05, 0.1) is 24.9 Å². The lowest BCUT2D eigenvalue weighted by molar-refractivity contribution is -0.122. The molecule has 158 valence electrons. The molecule has 0 aliphatic heterocycles. The topological polar surface area (TPSA) is 89.8 Å². The fourth-order valence-electron chi connectivity index (χ4n) is 3.73. The number of hydrogen-bond acceptors (Lipinski definition) is 4. The predicted octanol–water partition coefficient (Wildman–Crippen LogP) is 2.84. The number of benzene rings is 2. The first kappa shape index (κ1) is 23.1. The van der Waals surface area contributed by atoms with E-state index in [0.717, 1.165) is 36.8 Å². The lowest BCUT2D eigenvalue weighted by Crippen LogP contribution is -2.54. The first-order valence-corrected chi connectivity index (χ1v) is 10.2. The van der Waals surface area contributed by atoms with Crippen molar-refractivity contribution in [1.82, 2.24) is 5.32 Å². The van der Waals surface area contributed by atoms with E-state index in [9.17, 15) is 20.1 Å². The lowest BCUT2D eigenvalue weighted by Gasteiger charge is -2.33. The van der Waals surface area contributed by atoms with Gasteiger partial charge in [0.1, 0.15) is 0 Å². The van der Waals surface area contributed by atoms with Crippen LogP contribution < -0.4 is 5.32 Å². The van der Waals surface area contributed by atoms with Crippen LogP contribution in [-0.2, 0) is 17.6 Å². The Labute approximate surface area is 173 Å². The second-order valence-corrected chi connectivity index (χ2v) is 7.88. The summed E-state index contributed by atoms with van der Waals surface area (Å²) in [5.74, 6) is -0.358. The standard InChI is InChI=1S/C24H33NO4/c1-18-14-21(11-7-6-10-20-8-4-3-5-9-20)12-13-22(18)23(29)15-24(16-26,17-27)25-19(2)28/h3-5,8-9,12-14,23,26-27,29H,6-7,10-11,15-17H2,1-2H3,(H,25,28). The average Bonchev–Trinajstić information content (AvgIpc) is 2.71. The van der Waals surface area contributed by atoms with E-state index in [-0.39, 0.29) is 12.3 Å². The third kappa shape index (κ3) is 6.96. The minimum absolute atomic E-state index is 0.0385. The van der Waals surface area contributed by atoms with Crippen LogP contribution in [0.4, 0.5) is 0 Å². The van der Waals surface area contributed by atoms with Gasteiger partial charge in [-0.05, 0) is 54.9 Å². The quantitative estimate of drug-likeness (QED) is 0.438. The highest BCUT2D eigenvalue weighted by Crippen LogP contribution is 2.27. The maximum absolute atomic E-state index is 11.4. The van der Waals surface area contributed by atoms with Crippen molar-refractivity contribution in [2.75, 3.05) is 13.2 Å². The van der Waals surface area contributed by atoms with Gasteiger partial charge in [-0.3, -0.25) is 4.79 Å². The second kappa shape index (κ2) is 11.1. The van der Waals surface area contributed by atoms with E-state index in [2.05, 4.69) is 35.6 Å². The molecule has 29 heavy (non-hydrogen) atoms. The Bertz CT molecular complexity index is 772. The smallest absolute Gasteiger partial charge is 0.217 e. The Hall–Kier alpha value is -2.21. The summed E-state index contributed by atoms with van der Waals surface area (Å²) < 4.78 is 0. The van der Waals surface area contributed by atoms with Gasteiger partial charge in [0.15, 0.2) is 0 Å². The Kier molecular flexibility index (Phi) is 8.83. The van der Waals surface area contributed by atoms with Gasteiger partial charge in [-0.2, -0.15) is 0 Å². The minimum Gasteiger partial charge on any atom is -0.394 e. The zero-order valence-corrected chi connectivity index (χ0v) is 17.4. The first-order chi connectivity index (χ1) is 13.9. The van der Waals surface area contributed by atoms with Crippen LogP contribution in [0.1, 0.15) is 54.5 Å². The van der Waals surface area contributed by atoms with E-state index < -0.39 is 24.9 Å². The molecule has 1 amide bonds. The highest BCUT2D eigenvalue weighted by Gasteiger charge is 2.33. The second-order valence-electron chi connectivity index (χ2n) is 7.88. The molecule has 0 aliphatic rings. The molecule has 0 radical (unpaired) electrons. The van der Waals surface area contributed by atoms with Gasteiger partial charge in [-0.15, -0.1) is 0 Å². The highest BCUT2D eigenvalue weighted by molar-refractivity contribution is 5.73. The summed E-state index contributed by atoms with van der Waals surface area (Å²) in [5, 5.41) is 32.5. The number of amides is 1. The van der Waals surface area contributed by atoms with Crippen LogP contribution in [0, 0.1) is 6.92 Å². The minimum atomic E-state index is -1.24. The maximum atomic E-state index is 11.4. The van der Waals surface area contributed by atoms with Crippen LogP contribution in [0.2, 0.25) is 0 Å². The zero-order valence-electron chi connectivity index (χ0n) is 17.4. The molecule has 0 saturated carbocycles. The number of rotatable bonds is 11. The van der Waals surface area contributed by atoms with E-state index >= 15 is 0 Å². The van der Waals surface area contributed by atoms with Crippen molar-refractivity contribution in [3.8, 4) is 0 Å². The summed E-state index contributed by atoms with van der Waals surface area (Å²) >= 11 is 0. The van der Waals surface area contributed by atoms with Gasteiger partial charge >= 0.3 is 0 Å². The van der Waals surface area contributed by atoms with Gasteiger partial charge in [0.25, 0.3) is 0 Å². The molecule has 0 heterocycles. The van der Waals surface area contributed by atoms with E-state index in [1.807, 2.05) is 25.1 Å². The molecule has 2 aromatic carbocycles. The molecule has 0 aromatic heterocycles. The number of unbranched alkanes of at least 4 members (excludes halogenated alkanes) is 1. The van der Waals surface area contributed by atoms with Gasteiger partial charge in [-0.25, -0.2) is 0 Å². The fourth-order valence-corrected chi connectivity index (χ4v) is 3.73. The molecule has 1 atom stereocenters. The van der Waals surface area contributed by atoms with Crippen LogP contribution in [0.3, 0.4) is 0 Å². The van der Waals surface area contributed by atoms with Gasteiger partial charge in [0, 0.05) is 13.3 Å². The van der Waals surface area contributed by atoms with Crippen LogP contribution in [-0.4, -0.2) is 40.0 Å². The molecule has 5 nitrogen and oxygen atoms in total. The monoisotopic (exact) mass is 399 g/mol. The molecule has 0 aliphatic carbocycles. The Morgan fingerprint density at radius 2 is 1.62 bits per heavy atom. The van der Waals surface area contributed by atoms with E-state index in [1.54, 1.807) is 0 Å². The summed E-state index contributed by atoms with van der Waals surface area (Å²) in [6, 6.07) is 16.5. The molecule has 0 saturated heterocycles. The summed E-state index contributed by atoms with van der Waals surface area (Å²) in [6.07, 6.45) is 3.42. The number of hydrogen-bond donors (Lipinski definition) is 4.